The summed E-state index contributed by atoms with van der Waals surface area (Å²) in [6.07, 6.45) is 0.613. The van der Waals surface area contributed by atoms with Crippen molar-refractivity contribution in [2.45, 2.75) is 12.8 Å². The molecular formula is C6H8O5. The highest BCUT2D eigenvalue weighted by molar-refractivity contribution is 6.02. The molecule has 0 aromatic carbocycles. The molecule has 62 valence electrons. The minimum atomic E-state index is -1.34. The molecule has 0 aromatic rings. The summed E-state index contributed by atoms with van der Waals surface area (Å²) in [5, 5.41) is 16.7. The van der Waals surface area contributed by atoms with Gasteiger partial charge in [0.25, 0.3) is 0 Å². The third-order valence-corrected chi connectivity index (χ3v) is 1.75. The van der Waals surface area contributed by atoms with Gasteiger partial charge in [-0.25, -0.2) is 0 Å². The molecule has 11 heavy (non-hydrogen) atoms. The van der Waals surface area contributed by atoms with Crippen molar-refractivity contribution in [1.29, 1.82) is 0 Å². The molecule has 0 bridgehead atoms. The summed E-state index contributed by atoms with van der Waals surface area (Å²) in [7, 11) is 0. The molecule has 2 N–H and O–H groups in total. The van der Waals surface area contributed by atoms with Crippen molar-refractivity contribution < 1.29 is 24.5 Å². The molecule has 5 nitrogen and oxygen atoms in total. The van der Waals surface area contributed by atoms with Gasteiger partial charge in [-0.15, -0.1) is 0 Å². The van der Waals surface area contributed by atoms with E-state index in [4.69, 9.17) is 10.2 Å². The smallest absolute Gasteiger partial charge is 0.325 e. The van der Waals surface area contributed by atoms with Crippen LogP contribution in [0.15, 0.2) is 0 Å². The zero-order valence-corrected chi connectivity index (χ0v) is 5.74. The second kappa shape index (κ2) is 2.50. The lowest BCUT2D eigenvalue weighted by molar-refractivity contribution is -0.166. The molecule has 0 radical (unpaired) electrons. The first-order chi connectivity index (χ1) is 5.13. The molecule has 0 unspecified atom stereocenters. The SMILES string of the molecule is O=C(O)C1(C(=O)OCO)CC1. The van der Waals surface area contributed by atoms with E-state index >= 15 is 0 Å². The van der Waals surface area contributed by atoms with Crippen LogP contribution in [0.25, 0.3) is 0 Å². The van der Waals surface area contributed by atoms with Crippen LogP contribution in [0.5, 0.6) is 0 Å². The van der Waals surface area contributed by atoms with Crippen LogP contribution in [0.3, 0.4) is 0 Å². The Bertz CT molecular complexity index is 193. The third-order valence-electron chi connectivity index (χ3n) is 1.75. The van der Waals surface area contributed by atoms with Crippen LogP contribution in [0.2, 0.25) is 0 Å². The number of carboxylic acids is 1. The van der Waals surface area contributed by atoms with Gasteiger partial charge in [0.15, 0.2) is 12.2 Å². The number of carboxylic acid groups (broad SMARTS) is 1. The molecule has 5 heteroatoms. The maximum Gasteiger partial charge on any atom is 0.325 e. The van der Waals surface area contributed by atoms with Crippen molar-refractivity contribution >= 4 is 11.9 Å². The van der Waals surface area contributed by atoms with Crippen molar-refractivity contribution in [3.05, 3.63) is 0 Å². The molecule has 1 rings (SSSR count). The summed E-state index contributed by atoms with van der Waals surface area (Å²) in [5.74, 6) is -2.01. The van der Waals surface area contributed by atoms with Gasteiger partial charge in [0.2, 0.25) is 0 Å². The monoisotopic (exact) mass is 160 g/mol. The highest BCUT2D eigenvalue weighted by Crippen LogP contribution is 2.46. The molecule has 0 heterocycles. The second-order valence-electron chi connectivity index (χ2n) is 2.45. The van der Waals surface area contributed by atoms with E-state index in [-0.39, 0.29) is 0 Å². The molecule has 1 aliphatic rings. The number of rotatable bonds is 3. The summed E-state index contributed by atoms with van der Waals surface area (Å²) in [4.78, 5) is 21.2. The maximum absolute atomic E-state index is 10.8. The Hall–Kier alpha value is -1.10. The summed E-state index contributed by atoms with van der Waals surface area (Å²) in [6, 6.07) is 0. The van der Waals surface area contributed by atoms with Gasteiger partial charge in [0, 0.05) is 0 Å². The van der Waals surface area contributed by atoms with Crippen LogP contribution in [0, 0.1) is 5.41 Å². The molecular weight excluding hydrogens is 152 g/mol. The molecule has 0 saturated heterocycles. The Morgan fingerprint density at radius 1 is 1.45 bits per heavy atom. The topological polar surface area (TPSA) is 83.8 Å². The fraction of sp³-hybridized carbons (Fsp3) is 0.667. The normalized spacial score (nSPS) is 19.0. The second-order valence-corrected chi connectivity index (χ2v) is 2.45. The van der Waals surface area contributed by atoms with E-state index < -0.39 is 24.1 Å². The first-order valence-corrected chi connectivity index (χ1v) is 3.15. The lowest BCUT2D eigenvalue weighted by Crippen LogP contribution is -2.27. The Morgan fingerprint density at radius 2 is 2.00 bits per heavy atom. The van der Waals surface area contributed by atoms with Crippen molar-refractivity contribution in [3.63, 3.8) is 0 Å². The van der Waals surface area contributed by atoms with Gasteiger partial charge in [-0.05, 0) is 12.8 Å². The van der Waals surface area contributed by atoms with E-state index in [1.807, 2.05) is 0 Å². The van der Waals surface area contributed by atoms with Gasteiger partial charge in [0.1, 0.15) is 0 Å². The number of carbonyl (C=O) groups is 2. The van der Waals surface area contributed by atoms with Gasteiger partial charge < -0.3 is 14.9 Å². The van der Waals surface area contributed by atoms with E-state index in [1.54, 1.807) is 0 Å². The Balaban J connectivity index is 2.58. The summed E-state index contributed by atoms with van der Waals surface area (Å²) >= 11 is 0. The predicted molar refractivity (Wildman–Crippen MR) is 32.5 cm³/mol. The van der Waals surface area contributed by atoms with E-state index in [1.165, 1.54) is 0 Å². The zero-order chi connectivity index (χ0) is 8.48. The summed E-state index contributed by atoms with van der Waals surface area (Å²) in [6.45, 7) is -0.756. The number of hydrogen-bond donors (Lipinski definition) is 2. The van der Waals surface area contributed by atoms with Crippen molar-refractivity contribution in [2.75, 3.05) is 6.79 Å². The Labute approximate surface area is 62.6 Å². The van der Waals surface area contributed by atoms with Crippen LogP contribution in [-0.4, -0.2) is 28.9 Å². The Morgan fingerprint density at radius 3 is 2.27 bits per heavy atom. The summed E-state index contributed by atoms with van der Waals surface area (Å²) in [5.41, 5.74) is -1.34. The van der Waals surface area contributed by atoms with Crippen LogP contribution < -0.4 is 0 Å². The van der Waals surface area contributed by atoms with E-state index in [0.717, 1.165) is 0 Å². The van der Waals surface area contributed by atoms with E-state index in [2.05, 4.69) is 4.74 Å². The van der Waals surface area contributed by atoms with Gasteiger partial charge in [0.05, 0.1) is 0 Å². The highest BCUT2D eigenvalue weighted by atomic mass is 16.6. The number of aliphatic carboxylic acids is 1. The highest BCUT2D eigenvalue weighted by Gasteiger charge is 2.58. The number of aliphatic hydroxyl groups is 1. The zero-order valence-electron chi connectivity index (χ0n) is 5.74. The van der Waals surface area contributed by atoms with Crippen LogP contribution >= 0.6 is 0 Å². The van der Waals surface area contributed by atoms with Gasteiger partial charge in [-0.3, -0.25) is 9.59 Å². The van der Waals surface area contributed by atoms with E-state index in [9.17, 15) is 9.59 Å². The molecule has 0 aromatic heterocycles. The van der Waals surface area contributed by atoms with Crippen molar-refractivity contribution in [1.82, 2.24) is 0 Å². The fourth-order valence-electron chi connectivity index (χ4n) is 0.827. The largest absolute Gasteiger partial charge is 0.480 e. The number of hydrogen-bond acceptors (Lipinski definition) is 4. The number of ether oxygens (including phenoxy) is 1. The first-order valence-electron chi connectivity index (χ1n) is 3.15. The predicted octanol–water partition coefficient (Wildman–Crippen LogP) is -0.656. The lowest BCUT2D eigenvalue weighted by Gasteiger charge is -2.06. The molecule has 1 fully saturated rings. The average molecular weight is 160 g/mol. The third kappa shape index (κ3) is 1.19. The quantitative estimate of drug-likeness (QED) is 0.325. The minimum Gasteiger partial charge on any atom is -0.480 e. The number of esters is 1. The van der Waals surface area contributed by atoms with Crippen molar-refractivity contribution in [2.24, 2.45) is 5.41 Å². The number of carbonyl (C=O) groups excluding carboxylic acids is 1. The first kappa shape index (κ1) is 8.00. The molecule has 1 aliphatic carbocycles. The molecule has 0 spiro atoms. The van der Waals surface area contributed by atoms with Crippen LogP contribution in [0.1, 0.15) is 12.8 Å². The minimum absolute atomic E-state index is 0.307. The fourth-order valence-corrected chi connectivity index (χ4v) is 0.827. The van der Waals surface area contributed by atoms with E-state index in [0.29, 0.717) is 12.8 Å². The maximum atomic E-state index is 10.8. The van der Waals surface area contributed by atoms with Gasteiger partial charge in [-0.2, -0.15) is 0 Å². The van der Waals surface area contributed by atoms with Crippen molar-refractivity contribution in [3.8, 4) is 0 Å². The molecule has 1 saturated carbocycles. The summed E-state index contributed by atoms with van der Waals surface area (Å²) < 4.78 is 4.17. The standard InChI is InChI=1S/C6H8O5/c7-3-11-5(10)6(1-2-6)4(8)9/h7H,1-3H2,(H,8,9). The average Bonchev–Trinajstić information content (AvgIpc) is 2.66. The Kier molecular flexibility index (Phi) is 1.82. The van der Waals surface area contributed by atoms with Crippen LogP contribution in [-0.2, 0) is 14.3 Å². The molecule has 0 amide bonds. The number of aliphatic hydroxyl groups excluding tert-OH is 1. The van der Waals surface area contributed by atoms with Crippen LogP contribution in [0.4, 0.5) is 0 Å². The van der Waals surface area contributed by atoms with Gasteiger partial charge >= 0.3 is 11.9 Å². The molecule has 0 atom stereocenters. The molecule has 0 aliphatic heterocycles. The lowest BCUT2D eigenvalue weighted by atomic mass is 10.1. The van der Waals surface area contributed by atoms with Gasteiger partial charge in [-0.1, -0.05) is 0 Å².